The first-order valence-electron chi connectivity index (χ1n) is 8.55. The molecule has 0 spiro atoms. The number of rotatable bonds is 6. The second-order valence-electron chi connectivity index (χ2n) is 6.24. The van der Waals surface area contributed by atoms with Crippen molar-refractivity contribution in [2.75, 3.05) is 25.6 Å². The molecule has 1 aliphatic rings. The Balaban J connectivity index is 1.77. The Kier molecular flexibility index (Phi) is 6.00. The van der Waals surface area contributed by atoms with Gasteiger partial charge in [-0.15, -0.1) is 0 Å². The van der Waals surface area contributed by atoms with E-state index in [-0.39, 0.29) is 10.8 Å². The Morgan fingerprint density at radius 1 is 1.25 bits per heavy atom. The lowest BCUT2D eigenvalue weighted by molar-refractivity contribution is -0.115. The summed E-state index contributed by atoms with van der Waals surface area (Å²) in [6.45, 7) is 2.08. The van der Waals surface area contributed by atoms with E-state index in [1.54, 1.807) is 30.3 Å². The average Bonchev–Trinajstić information content (AvgIpc) is 2.67. The quantitative estimate of drug-likeness (QED) is 0.764. The van der Waals surface area contributed by atoms with Crippen LogP contribution in [0.5, 0.6) is 17.2 Å². The molecule has 0 radical (unpaired) electrons. The van der Waals surface area contributed by atoms with Crippen molar-refractivity contribution in [3.8, 4) is 17.2 Å². The predicted octanol–water partition coefficient (Wildman–Crippen LogP) is 3.06. The van der Waals surface area contributed by atoms with Crippen molar-refractivity contribution in [1.29, 1.82) is 0 Å². The summed E-state index contributed by atoms with van der Waals surface area (Å²) in [6.07, 6.45) is 0. The summed E-state index contributed by atoms with van der Waals surface area (Å²) in [7, 11) is -2.33. The van der Waals surface area contributed by atoms with Gasteiger partial charge in [0.15, 0.2) is 21.3 Å². The number of benzene rings is 2. The topological polar surface area (TPSA) is 90.9 Å². The third-order valence-electron chi connectivity index (χ3n) is 4.30. The number of ether oxygens (including phenoxy) is 3. The van der Waals surface area contributed by atoms with Crippen molar-refractivity contribution >= 4 is 33.0 Å². The SMILES string of the molecule is COc1ccccc1NC(=O)C(C)S(=O)(=O)Cc1cc(Cl)c2c(c1)OCCO2. The zero-order chi connectivity index (χ0) is 20.3. The summed E-state index contributed by atoms with van der Waals surface area (Å²) >= 11 is 6.17. The molecule has 1 aliphatic heterocycles. The van der Waals surface area contributed by atoms with Crippen molar-refractivity contribution in [3.63, 3.8) is 0 Å². The summed E-state index contributed by atoms with van der Waals surface area (Å²) in [5, 5.41) is 1.60. The van der Waals surface area contributed by atoms with E-state index >= 15 is 0 Å². The number of halogens is 1. The second kappa shape index (κ2) is 8.28. The van der Waals surface area contributed by atoms with Crippen molar-refractivity contribution in [2.45, 2.75) is 17.9 Å². The van der Waals surface area contributed by atoms with Gasteiger partial charge in [0.25, 0.3) is 0 Å². The first kappa shape index (κ1) is 20.3. The van der Waals surface area contributed by atoms with Crippen molar-refractivity contribution in [1.82, 2.24) is 0 Å². The van der Waals surface area contributed by atoms with Crippen LogP contribution in [0, 0.1) is 0 Å². The molecule has 2 aromatic carbocycles. The Morgan fingerprint density at radius 3 is 2.71 bits per heavy atom. The molecule has 0 aromatic heterocycles. The molecule has 0 aliphatic carbocycles. The number of carbonyl (C=O) groups excluding carboxylic acids is 1. The number of sulfone groups is 1. The van der Waals surface area contributed by atoms with E-state index in [1.165, 1.54) is 20.1 Å². The molecule has 9 heteroatoms. The van der Waals surface area contributed by atoms with Crippen LogP contribution >= 0.6 is 11.6 Å². The number of para-hydroxylation sites is 2. The molecule has 0 bridgehead atoms. The lowest BCUT2D eigenvalue weighted by atomic mass is 10.2. The standard InChI is InChI=1S/C19H20ClNO6S/c1-12(19(22)21-15-5-3-4-6-16(15)25-2)28(23,24)11-13-9-14(20)18-17(10-13)26-7-8-27-18/h3-6,9-10,12H,7-8,11H2,1-2H3,(H,21,22). The largest absolute Gasteiger partial charge is 0.495 e. The first-order chi connectivity index (χ1) is 13.3. The number of amides is 1. The van der Waals surface area contributed by atoms with Gasteiger partial charge in [-0.3, -0.25) is 4.79 Å². The fourth-order valence-corrected chi connectivity index (χ4v) is 4.30. The molecule has 0 saturated carbocycles. The Hall–Kier alpha value is -2.45. The molecule has 1 atom stereocenters. The zero-order valence-corrected chi connectivity index (χ0v) is 17.0. The van der Waals surface area contributed by atoms with E-state index in [0.29, 0.717) is 41.7 Å². The number of fused-ring (bicyclic) bond motifs is 1. The minimum absolute atomic E-state index is 0.272. The molecule has 0 saturated heterocycles. The van der Waals surface area contributed by atoms with Crippen LogP contribution in [0.4, 0.5) is 5.69 Å². The van der Waals surface area contributed by atoms with E-state index in [4.69, 9.17) is 25.8 Å². The molecule has 0 fully saturated rings. The predicted molar refractivity (Wildman–Crippen MR) is 106 cm³/mol. The molecular formula is C19H20ClNO6S. The number of hydrogen-bond donors (Lipinski definition) is 1. The van der Waals surface area contributed by atoms with Crippen molar-refractivity contribution in [2.24, 2.45) is 0 Å². The van der Waals surface area contributed by atoms with Gasteiger partial charge in [0.1, 0.15) is 24.2 Å². The maximum atomic E-state index is 12.8. The van der Waals surface area contributed by atoms with Gasteiger partial charge in [-0.25, -0.2) is 8.42 Å². The molecule has 3 rings (SSSR count). The third kappa shape index (κ3) is 4.34. The zero-order valence-electron chi connectivity index (χ0n) is 15.4. The lowest BCUT2D eigenvalue weighted by Gasteiger charge is -2.20. The smallest absolute Gasteiger partial charge is 0.242 e. The monoisotopic (exact) mass is 425 g/mol. The molecule has 1 heterocycles. The molecule has 1 N–H and O–H groups in total. The number of anilines is 1. The number of methoxy groups -OCH3 is 1. The highest BCUT2D eigenvalue weighted by Crippen LogP contribution is 2.39. The van der Waals surface area contributed by atoms with Gasteiger partial charge < -0.3 is 19.5 Å². The van der Waals surface area contributed by atoms with Gasteiger partial charge >= 0.3 is 0 Å². The van der Waals surface area contributed by atoms with Crippen molar-refractivity contribution in [3.05, 3.63) is 47.0 Å². The molecule has 2 aromatic rings. The highest BCUT2D eigenvalue weighted by atomic mass is 35.5. The maximum Gasteiger partial charge on any atom is 0.242 e. The third-order valence-corrected chi connectivity index (χ3v) is 6.61. The highest BCUT2D eigenvalue weighted by Gasteiger charge is 2.30. The Bertz CT molecular complexity index is 992. The van der Waals surface area contributed by atoms with Gasteiger partial charge in [-0.1, -0.05) is 23.7 Å². The van der Waals surface area contributed by atoms with Gasteiger partial charge in [0.05, 0.1) is 23.6 Å². The van der Waals surface area contributed by atoms with Crippen LogP contribution < -0.4 is 19.5 Å². The van der Waals surface area contributed by atoms with E-state index < -0.39 is 21.0 Å². The summed E-state index contributed by atoms with van der Waals surface area (Å²) in [5.74, 6) is 0.238. The van der Waals surface area contributed by atoms with Crippen LogP contribution in [0.15, 0.2) is 36.4 Å². The summed E-state index contributed by atoms with van der Waals surface area (Å²) in [6, 6.07) is 9.86. The summed E-state index contributed by atoms with van der Waals surface area (Å²) in [4.78, 5) is 12.5. The van der Waals surface area contributed by atoms with E-state index in [1.807, 2.05) is 0 Å². The molecule has 1 unspecified atom stereocenters. The molecule has 28 heavy (non-hydrogen) atoms. The van der Waals surface area contributed by atoms with Gasteiger partial charge in [-0.05, 0) is 36.8 Å². The minimum Gasteiger partial charge on any atom is -0.495 e. The number of carbonyl (C=O) groups is 1. The van der Waals surface area contributed by atoms with Gasteiger partial charge in [-0.2, -0.15) is 0 Å². The number of nitrogens with one attached hydrogen (secondary N) is 1. The average molecular weight is 426 g/mol. The molecule has 7 nitrogen and oxygen atoms in total. The number of hydrogen-bond acceptors (Lipinski definition) is 6. The fraction of sp³-hybridized carbons (Fsp3) is 0.316. The van der Waals surface area contributed by atoms with E-state index in [9.17, 15) is 13.2 Å². The highest BCUT2D eigenvalue weighted by molar-refractivity contribution is 7.92. The Morgan fingerprint density at radius 2 is 1.96 bits per heavy atom. The van der Waals surface area contributed by atoms with Crippen LogP contribution in [-0.4, -0.2) is 39.9 Å². The van der Waals surface area contributed by atoms with Crippen LogP contribution in [-0.2, 0) is 20.4 Å². The second-order valence-corrected chi connectivity index (χ2v) is 8.97. The maximum absolute atomic E-state index is 12.8. The summed E-state index contributed by atoms with van der Waals surface area (Å²) < 4.78 is 41.6. The van der Waals surface area contributed by atoms with Crippen LogP contribution in [0.1, 0.15) is 12.5 Å². The Labute approximate surface area is 168 Å². The van der Waals surface area contributed by atoms with E-state index in [0.717, 1.165) is 0 Å². The van der Waals surface area contributed by atoms with Gasteiger partial charge in [0, 0.05) is 0 Å². The van der Waals surface area contributed by atoms with Crippen LogP contribution in [0.2, 0.25) is 5.02 Å². The molecule has 150 valence electrons. The van der Waals surface area contributed by atoms with Crippen LogP contribution in [0.25, 0.3) is 0 Å². The molecule has 1 amide bonds. The fourth-order valence-electron chi connectivity index (χ4n) is 2.75. The van der Waals surface area contributed by atoms with E-state index in [2.05, 4.69) is 5.32 Å². The lowest BCUT2D eigenvalue weighted by Crippen LogP contribution is -2.33. The van der Waals surface area contributed by atoms with Gasteiger partial charge in [0.2, 0.25) is 5.91 Å². The normalized spacial score (nSPS) is 14.2. The first-order valence-corrected chi connectivity index (χ1v) is 10.6. The van der Waals surface area contributed by atoms with Crippen molar-refractivity contribution < 1.29 is 27.4 Å². The van der Waals surface area contributed by atoms with Crippen LogP contribution in [0.3, 0.4) is 0 Å². The molecular weight excluding hydrogens is 406 g/mol. The minimum atomic E-state index is -3.80. The summed E-state index contributed by atoms with van der Waals surface area (Å²) in [5.41, 5.74) is 0.825.